The Morgan fingerprint density at radius 2 is 1.68 bits per heavy atom. The SMILES string of the molecule is COC(=O)[C@H](C)C(C)N(C)C(=O)NCc1ccc(C(C)C)cc1.O=CNC=Nc1ccc(Oc2ccccn2)cc1. The molecule has 2 N–H and O–H groups in total. The Morgan fingerprint density at radius 3 is 2.24 bits per heavy atom. The standard InChI is InChI=1S/C18H28N2O3.C13H11N3O2/c1-12(2)16-9-7-15(8-10-16)11-19-18(22)20(5)14(4)13(3)17(21)23-6;17-10-14-9-16-11-4-6-12(7-5-11)18-13-3-1-2-8-15-13/h7-10,12-14H,11H2,1-6H3,(H,19,22);1-10H,(H,14,16,17)/t13-,14?;/m1./s1. The highest BCUT2D eigenvalue weighted by molar-refractivity contribution is 5.77. The van der Waals surface area contributed by atoms with Crippen LogP contribution in [0.25, 0.3) is 0 Å². The summed E-state index contributed by atoms with van der Waals surface area (Å²) in [5.41, 5.74) is 3.04. The van der Waals surface area contributed by atoms with Crippen LogP contribution in [0, 0.1) is 5.92 Å². The van der Waals surface area contributed by atoms with Crippen LogP contribution in [0.4, 0.5) is 10.5 Å². The lowest BCUT2D eigenvalue weighted by Crippen LogP contribution is -2.46. The molecule has 3 rings (SSSR count). The molecule has 10 heteroatoms. The molecule has 41 heavy (non-hydrogen) atoms. The van der Waals surface area contributed by atoms with Gasteiger partial charge in [0, 0.05) is 31.9 Å². The molecule has 218 valence electrons. The van der Waals surface area contributed by atoms with Crippen LogP contribution in [0.15, 0.2) is 77.9 Å². The normalized spacial score (nSPS) is 12.0. The number of carbonyl (C=O) groups is 3. The lowest BCUT2D eigenvalue weighted by atomic mass is 10.0. The molecule has 10 nitrogen and oxygen atoms in total. The van der Waals surface area contributed by atoms with E-state index in [1.165, 1.54) is 23.9 Å². The van der Waals surface area contributed by atoms with E-state index in [1.54, 1.807) is 50.5 Å². The Labute approximate surface area is 241 Å². The van der Waals surface area contributed by atoms with Crippen molar-refractivity contribution in [1.29, 1.82) is 0 Å². The van der Waals surface area contributed by atoms with Crippen LogP contribution < -0.4 is 15.4 Å². The maximum absolute atomic E-state index is 12.2. The number of hydrogen-bond donors (Lipinski definition) is 2. The fourth-order valence-corrected chi connectivity index (χ4v) is 3.50. The molecule has 0 saturated heterocycles. The number of nitrogens with one attached hydrogen (secondary N) is 2. The van der Waals surface area contributed by atoms with Gasteiger partial charge in [-0.2, -0.15) is 0 Å². The maximum atomic E-state index is 12.2. The average molecular weight is 562 g/mol. The van der Waals surface area contributed by atoms with E-state index in [-0.39, 0.29) is 24.0 Å². The summed E-state index contributed by atoms with van der Waals surface area (Å²) in [7, 11) is 3.04. The predicted octanol–water partition coefficient (Wildman–Crippen LogP) is 5.43. The second kappa shape index (κ2) is 17.1. The van der Waals surface area contributed by atoms with E-state index < -0.39 is 0 Å². The Hall–Kier alpha value is -4.73. The van der Waals surface area contributed by atoms with Crippen molar-refractivity contribution in [3.05, 3.63) is 84.1 Å². The first kappa shape index (κ1) is 32.5. The molecule has 0 aliphatic heterocycles. The summed E-state index contributed by atoms with van der Waals surface area (Å²) in [6, 6.07) is 20.3. The van der Waals surface area contributed by atoms with E-state index in [2.05, 4.69) is 46.6 Å². The highest BCUT2D eigenvalue weighted by Crippen LogP contribution is 2.22. The zero-order valence-corrected chi connectivity index (χ0v) is 24.4. The van der Waals surface area contributed by atoms with Crippen molar-refractivity contribution < 1.29 is 23.9 Å². The largest absolute Gasteiger partial charge is 0.469 e. The number of carbonyl (C=O) groups excluding carboxylic acids is 3. The van der Waals surface area contributed by atoms with Crippen molar-refractivity contribution >= 4 is 30.4 Å². The summed E-state index contributed by atoms with van der Waals surface area (Å²) < 4.78 is 10.2. The quantitative estimate of drug-likeness (QED) is 0.139. The summed E-state index contributed by atoms with van der Waals surface area (Å²) in [5.74, 6) is 1.01. The Bertz CT molecular complexity index is 1250. The van der Waals surface area contributed by atoms with Gasteiger partial charge in [0.2, 0.25) is 12.3 Å². The van der Waals surface area contributed by atoms with Crippen LogP contribution in [-0.4, -0.2) is 54.8 Å². The molecule has 2 aromatic carbocycles. The fraction of sp³-hybridized carbons (Fsp3) is 0.323. The molecule has 0 aliphatic carbocycles. The number of ether oxygens (including phenoxy) is 2. The topological polar surface area (TPSA) is 122 Å². The third kappa shape index (κ3) is 11.1. The van der Waals surface area contributed by atoms with E-state index >= 15 is 0 Å². The number of esters is 1. The molecule has 0 radical (unpaired) electrons. The summed E-state index contributed by atoms with van der Waals surface area (Å²) in [5, 5.41) is 5.21. The number of rotatable bonds is 11. The Morgan fingerprint density at radius 1 is 1.00 bits per heavy atom. The van der Waals surface area contributed by atoms with Crippen molar-refractivity contribution in [2.75, 3.05) is 14.2 Å². The van der Waals surface area contributed by atoms with Crippen LogP contribution in [0.1, 0.15) is 44.7 Å². The third-order valence-corrected chi connectivity index (χ3v) is 6.37. The number of aliphatic imine (C=N–C) groups is 1. The van der Waals surface area contributed by atoms with E-state index in [0.717, 1.165) is 11.3 Å². The van der Waals surface area contributed by atoms with Crippen LogP contribution in [0.3, 0.4) is 0 Å². The van der Waals surface area contributed by atoms with Gasteiger partial charge in [-0.1, -0.05) is 44.2 Å². The molecular formula is C31H39N5O5. The number of benzene rings is 2. The van der Waals surface area contributed by atoms with Crippen molar-refractivity contribution in [3.63, 3.8) is 0 Å². The van der Waals surface area contributed by atoms with Crippen molar-refractivity contribution in [2.45, 2.75) is 46.2 Å². The number of urea groups is 1. The summed E-state index contributed by atoms with van der Waals surface area (Å²) >= 11 is 0. The molecule has 0 fully saturated rings. The van der Waals surface area contributed by atoms with Gasteiger partial charge in [-0.25, -0.2) is 14.8 Å². The van der Waals surface area contributed by atoms with Gasteiger partial charge in [0.1, 0.15) is 5.75 Å². The summed E-state index contributed by atoms with van der Waals surface area (Å²) in [6.45, 7) is 8.34. The third-order valence-electron chi connectivity index (χ3n) is 6.37. The van der Waals surface area contributed by atoms with Gasteiger partial charge in [-0.15, -0.1) is 0 Å². The van der Waals surface area contributed by atoms with Crippen molar-refractivity contribution in [3.8, 4) is 11.6 Å². The smallest absolute Gasteiger partial charge is 0.317 e. The summed E-state index contributed by atoms with van der Waals surface area (Å²) in [4.78, 5) is 43.4. The molecule has 0 bridgehead atoms. The van der Waals surface area contributed by atoms with Crippen LogP contribution >= 0.6 is 0 Å². The molecule has 0 aliphatic rings. The Kier molecular flexibility index (Phi) is 13.5. The molecule has 0 spiro atoms. The molecule has 0 saturated carbocycles. The minimum atomic E-state index is -0.374. The van der Waals surface area contributed by atoms with E-state index in [9.17, 15) is 14.4 Å². The van der Waals surface area contributed by atoms with Gasteiger partial charge in [0.05, 0.1) is 25.1 Å². The number of pyridine rings is 1. The van der Waals surface area contributed by atoms with Gasteiger partial charge in [0.25, 0.3) is 0 Å². The molecule has 3 amide bonds. The lowest BCUT2D eigenvalue weighted by molar-refractivity contribution is -0.146. The fourth-order valence-electron chi connectivity index (χ4n) is 3.50. The highest BCUT2D eigenvalue weighted by Gasteiger charge is 2.26. The first-order valence-corrected chi connectivity index (χ1v) is 13.2. The number of hydrogen-bond acceptors (Lipinski definition) is 7. The van der Waals surface area contributed by atoms with Gasteiger partial charge in [-0.05, 0) is 61.2 Å². The van der Waals surface area contributed by atoms with Crippen molar-refractivity contribution in [2.24, 2.45) is 10.9 Å². The molecule has 1 heterocycles. The second-order valence-corrected chi connectivity index (χ2v) is 9.52. The average Bonchev–Trinajstić information content (AvgIpc) is 3.00. The first-order chi connectivity index (χ1) is 19.7. The van der Waals surface area contributed by atoms with Gasteiger partial charge >= 0.3 is 12.0 Å². The van der Waals surface area contributed by atoms with Crippen molar-refractivity contribution in [1.82, 2.24) is 20.5 Å². The number of aromatic nitrogens is 1. The number of amides is 3. The van der Waals surface area contributed by atoms with Gasteiger partial charge in [-0.3, -0.25) is 9.59 Å². The minimum Gasteiger partial charge on any atom is -0.469 e. The zero-order chi connectivity index (χ0) is 30.2. The lowest BCUT2D eigenvalue weighted by Gasteiger charge is -2.28. The second-order valence-electron chi connectivity index (χ2n) is 9.52. The van der Waals surface area contributed by atoms with Crippen LogP contribution in [0.5, 0.6) is 11.6 Å². The number of methoxy groups -OCH3 is 1. The zero-order valence-electron chi connectivity index (χ0n) is 24.4. The Balaban J connectivity index is 0.000000295. The van der Waals surface area contributed by atoms with E-state index in [1.807, 2.05) is 31.2 Å². The monoisotopic (exact) mass is 561 g/mol. The summed E-state index contributed by atoms with van der Waals surface area (Å²) in [6.07, 6.45) is 3.54. The highest BCUT2D eigenvalue weighted by atomic mass is 16.5. The first-order valence-electron chi connectivity index (χ1n) is 13.2. The molecule has 3 aromatic rings. The van der Waals surface area contributed by atoms with Crippen LogP contribution in [0.2, 0.25) is 0 Å². The van der Waals surface area contributed by atoms with Crippen LogP contribution in [-0.2, 0) is 20.9 Å². The molecular weight excluding hydrogens is 522 g/mol. The maximum Gasteiger partial charge on any atom is 0.317 e. The minimum absolute atomic E-state index is 0.207. The van der Waals surface area contributed by atoms with Gasteiger partial charge < -0.3 is 25.0 Å². The predicted molar refractivity (Wildman–Crippen MR) is 159 cm³/mol. The van der Waals surface area contributed by atoms with Gasteiger partial charge in [0.15, 0.2) is 0 Å². The van der Waals surface area contributed by atoms with E-state index in [0.29, 0.717) is 30.5 Å². The number of nitrogens with zero attached hydrogens (tertiary/aromatic N) is 3. The van der Waals surface area contributed by atoms with E-state index in [4.69, 9.17) is 9.47 Å². The molecule has 2 atom stereocenters. The molecule has 1 aromatic heterocycles. The molecule has 1 unspecified atom stereocenters.